The molecule has 0 saturated carbocycles. The van der Waals surface area contributed by atoms with Gasteiger partial charge in [0.25, 0.3) is 0 Å². The van der Waals surface area contributed by atoms with Crippen molar-refractivity contribution in [1.82, 2.24) is 10.2 Å². The first-order valence-corrected chi connectivity index (χ1v) is 8.11. The Bertz CT molecular complexity index is 406. The van der Waals surface area contributed by atoms with Gasteiger partial charge in [-0.3, -0.25) is 9.59 Å². The molecule has 2 aliphatic rings. The van der Waals surface area contributed by atoms with Gasteiger partial charge < -0.3 is 15.3 Å². The Morgan fingerprint density at radius 2 is 1.86 bits per heavy atom. The summed E-state index contributed by atoms with van der Waals surface area (Å²) in [5, 5.41) is 12.8. The number of amides is 1. The van der Waals surface area contributed by atoms with E-state index in [1.165, 1.54) is 0 Å². The number of nitrogens with zero attached hydrogens (tertiary/aromatic N) is 1. The molecule has 2 aliphatic heterocycles. The van der Waals surface area contributed by atoms with Gasteiger partial charge in [-0.15, -0.1) is 0 Å². The van der Waals surface area contributed by atoms with Crippen molar-refractivity contribution >= 4 is 11.9 Å². The van der Waals surface area contributed by atoms with Gasteiger partial charge in [-0.05, 0) is 38.1 Å². The van der Waals surface area contributed by atoms with E-state index in [0.29, 0.717) is 38.3 Å². The first-order valence-electron chi connectivity index (χ1n) is 8.11. The number of carbonyl (C=O) groups excluding carboxylic acids is 1. The average molecular weight is 296 g/mol. The second-order valence-corrected chi connectivity index (χ2v) is 6.97. The van der Waals surface area contributed by atoms with E-state index in [1.807, 2.05) is 11.8 Å². The largest absolute Gasteiger partial charge is 0.481 e. The van der Waals surface area contributed by atoms with Crippen LogP contribution in [0.2, 0.25) is 0 Å². The summed E-state index contributed by atoms with van der Waals surface area (Å²) in [5.74, 6) is -0.187. The van der Waals surface area contributed by atoms with Gasteiger partial charge in [0.1, 0.15) is 0 Å². The van der Waals surface area contributed by atoms with Crippen LogP contribution in [-0.2, 0) is 9.59 Å². The van der Waals surface area contributed by atoms with Crippen LogP contribution in [0, 0.1) is 16.7 Å². The van der Waals surface area contributed by atoms with E-state index in [0.717, 1.165) is 19.5 Å². The van der Waals surface area contributed by atoms with Crippen LogP contribution in [0.4, 0.5) is 0 Å². The second kappa shape index (κ2) is 5.95. The lowest BCUT2D eigenvalue weighted by Crippen LogP contribution is -2.53. The molecule has 120 valence electrons. The standard InChI is InChI=1S/C16H28N2O3/c1-4-15(14(20)21)6-9-18(10-7-15)13(19)16(12(2)3)5-8-17-11-16/h12,17H,4-11H2,1-3H3,(H,20,21). The smallest absolute Gasteiger partial charge is 0.309 e. The van der Waals surface area contributed by atoms with Crippen LogP contribution in [-0.4, -0.2) is 48.1 Å². The van der Waals surface area contributed by atoms with Crippen molar-refractivity contribution in [3.05, 3.63) is 0 Å². The first-order chi connectivity index (χ1) is 9.88. The normalized spacial score (nSPS) is 28.9. The molecule has 0 radical (unpaired) electrons. The zero-order valence-corrected chi connectivity index (χ0v) is 13.4. The molecule has 2 heterocycles. The van der Waals surface area contributed by atoms with Crippen LogP contribution in [0.3, 0.4) is 0 Å². The zero-order chi connectivity index (χ0) is 15.7. The number of nitrogens with one attached hydrogen (secondary N) is 1. The number of hydrogen-bond donors (Lipinski definition) is 2. The lowest BCUT2D eigenvalue weighted by molar-refractivity contribution is -0.157. The SMILES string of the molecule is CCC1(C(=O)O)CCN(C(=O)C2(C(C)C)CCNC2)CC1. The van der Waals surface area contributed by atoms with Crippen LogP contribution in [0.5, 0.6) is 0 Å². The number of aliphatic carboxylic acids is 1. The summed E-state index contributed by atoms with van der Waals surface area (Å²) in [6, 6.07) is 0. The molecule has 0 aromatic rings. The number of likely N-dealkylation sites (tertiary alicyclic amines) is 1. The molecule has 0 aromatic carbocycles. The van der Waals surface area contributed by atoms with Crippen LogP contribution < -0.4 is 5.32 Å². The summed E-state index contributed by atoms with van der Waals surface area (Å²) in [5.41, 5.74) is -0.925. The van der Waals surface area contributed by atoms with Crippen LogP contribution >= 0.6 is 0 Å². The Morgan fingerprint density at radius 1 is 1.24 bits per heavy atom. The molecule has 0 bridgehead atoms. The molecule has 21 heavy (non-hydrogen) atoms. The Balaban J connectivity index is 2.08. The molecule has 5 nitrogen and oxygen atoms in total. The van der Waals surface area contributed by atoms with Gasteiger partial charge in [-0.2, -0.15) is 0 Å². The summed E-state index contributed by atoms with van der Waals surface area (Å²) in [4.78, 5) is 26.4. The summed E-state index contributed by atoms with van der Waals surface area (Å²) >= 11 is 0. The van der Waals surface area contributed by atoms with Gasteiger partial charge in [-0.25, -0.2) is 0 Å². The molecule has 2 rings (SSSR count). The van der Waals surface area contributed by atoms with E-state index in [4.69, 9.17) is 0 Å². The highest BCUT2D eigenvalue weighted by Gasteiger charge is 2.48. The van der Waals surface area contributed by atoms with E-state index in [9.17, 15) is 14.7 Å². The number of piperidine rings is 1. The van der Waals surface area contributed by atoms with Gasteiger partial charge >= 0.3 is 5.97 Å². The molecular weight excluding hydrogens is 268 g/mol. The lowest BCUT2D eigenvalue weighted by Gasteiger charge is -2.43. The Hall–Kier alpha value is -1.10. The topological polar surface area (TPSA) is 69.6 Å². The van der Waals surface area contributed by atoms with E-state index in [2.05, 4.69) is 19.2 Å². The molecule has 5 heteroatoms. The minimum absolute atomic E-state index is 0.220. The summed E-state index contributed by atoms with van der Waals surface area (Å²) < 4.78 is 0. The highest BCUT2D eigenvalue weighted by atomic mass is 16.4. The lowest BCUT2D eigenvalue weighted by atomic mass is 9.72. The van der Waals surface area contributed by atoms with Crippen LogP contribution in [0.1, 0.15) is 46.5 Å². The number of carbonyl (C=O) groups is 2. The third-order valence-corrected chi connectivity index (χ3v) is 5.86. The van der Waals surface area contributed by atoms with E-state index < -0.39 is 11.4 Å². The zero-order valence-electron chi connectivity index (χ0n) is 13.4. The fourth-order valence-electron chi connectivity index (χ4n) is 3.80. The first kappa shape index (κ1) is 16.3. The number of hydrogen-bond acceptors (Lipinski definition) is 3. The van der Waals surface area contributed by atoms with E-state index in [-0.39, 0.29) is 11.3 Å². The molecule has 2 saturated heterocycles. The third kappa shape index (κ3) is 2.68. The highest BCUT2D eigenvalue weighted by molar-refractivity contribution is 5.84. The van der Waals surface area contributed by atoms with Crippen molar-refractivity contribution in [2.45, 2.75) is 46.5 Å². The highest BCUT2D eigenvalue weighted by Crippen LogP contribution is 2.40. The Labute approximate surface area is 127 Å². The van der Waals surface area contributed by atoms with Gasteiger partial charge in [0.2, 0.25) is 5.91 Å². The molecule has 2 N–H and O–H groups in total. The van der Waals surface area contributed by atoms with Crippen molar-refractivity contribution < 1.29 is 14.7 Å². The van der Waals surface area contributed by atoms with Gasteiger partial charge in [0.15, 0.2) is 0 Å². The summed E-state index contributed by atoms with van der Waals surface area (Å²) in [6.45, 7) is 8.96. The van der Waals surface area contributed by atoms with Crippen molar-refractivity contribution in [3.8, 4) is 0 Å². The molecule has 1 unspecified atom stereocenters. The van der Waals surface area contributed by atoms with Crippen molar-refractivity contribution in [1.29, 1.82) is 0 Å². The number of carboxylic acids is 1. The molecular formula is C16H28N2O3. The maximum Gasteiger partial charge on any atom is 0.309 e. The van der Waals surface area contributed by atoms with E-state index in [1.54, 1.807) is 0 Å². The summed E-state index contributed by atoms with van der Waals surface area (Å²) in [6.07, 6.45) is 2.68. The molecule has 0 aliphatic carbocycles. The number of carboxylic acid groups (broad SMARTS) is 1. The van der Waals surface area contributed by atoms with Gasteiger partial charge in [0.05, 0.1) is 10.8 Å². The Kier molecular flexibility index (Phi) is 4.61. The van der Waals surface area contributed by atoms with Crippen molar-refractivity contribution in [2.75, 3.05) is 26.2 Å². The molecule has 1 amide bonds. The fourth-order valence-corrected chi connectivity index (χ4v) is 3.80. The average Bonchev–Trinajstić information content (AvgIpc) is 2.97. The molecule has 0 spiro atoms. The maximum atomic E-state index is 13.0. The predicted molar refractivity (Wildman–Crippen MR) is 80.9 cm³/mol. The Morgan fingerprint density at radius 3 is 2.24 bits per heavy atom. The fraction of sp³-hybridized carbons (Fsp3) is 0.875. The number of rotatable bonds is 4. The summed E-state index contributed by atoms with van der Waals surface area (Å²) in [7, 11) is 0. The van der Waals surface area contributed by atoms with Crippen LogP contribution in [0.25, 0.3) is 0 Å². The van der Waals surface area contributed by atoms with E-state index >= 15 is 0 Å². The van der Waals surface area contributed by atoms with Gasteiger partial charge in [-0.1, -0.05) is 20.8 Å². The van der Waals surface area contributed by atoms with Crippen molar-refractivity contribution in [3.63, 3.8) is 0 Å². The van der Waals surface area contributed by atoms with Gasteiger partial charge in [0, 0.05) is 19.6 Å². The minimum Gasteiger partial charge on any atom is -0.481 e. The maximum absolute atomic E-state index is 13.0. The minimum atomic E-state index is -0.710. The third-order valence-electron chi connectivity index (χ3n) is 5.86. The molecule has 0 aromatic heterocycles. The van der Waals surface area contributed by atoms with Crippen molar-refractivity contribution in [2.24, 2.45) is 16.7 Å². The molecule has 1 atom stereocenters. The second-order valence-electron chi connectivity index (χ2n) is 6.97. The predicted octanol–water partition coefficient (Wildman–Crippen LogP) is 1.73. The van der Waals surface area contributed by atoms with Crippen LogP contribution in [0.15, 0.2) is 0 Å². The quantitative estimate of drug-likeness (QED) is 0.829. The molecule has 2 fully saturated rings. The monoisotopic (exact) mass is 296 g/mol.